The van der Waals surface area contributed by atoms with Crippen LogP contribution in [0.25, 0.3) is 0 Å². The quantitative estimate of drug-likeness (QED) is 0.470. The zero-order chi connectivity index (χ0) is 20.1. The van der Waals surface area contributed by atoms with E-state index in [2.05, 4.69) is 42.8 Å². The molecule has 0 radical (unpaired) electrons. The lowest BCUT2D eigenvalue weighted by Crippen LogP contribution is -2.12. The van der Waals surface area contributed by atoms with Crippen molar-refractivity contribution in [1.82, 2.24) is 0 Å². The Labute approximate surface area is 172 Å². The van der Waals surface area contributed by atoms with Gasteiger partial charge >= 0.3 is 0 Å². The molecule has 3 aromatic rings. The first-order valence-electron chi connectivity index (χ1n) is 9.25. The van der Waals surface area contributed by atoms with Gasteiger partial charge in [0, 0.05) is 16.3 Å². The Bertz CT molecular complexity index is 1010. The fraction of sp³-hybridized carbons (Fsp3) is 0.217. The summed E-state index contributed by atoms with van der Waals surface area (Å²) in [5.41, 5.74) is 4.21. The molecule has 0 amide bonds. The van der Waals surface area contributed by atoms with Crippen LogP contribution in [0.1, 0.15) is 36.5 Å². The standard InChI is InChI=1S/C23H25NO2S2/c1-17(2)20-8-6-19(7-9-20)16-27-22-12-10-21(11-13-22)24-28(25,26)23-14-4-18(3)5-15-23/h4-15,17,24H,16H2,1-3H3. The molecule has 0 saturated heterocycles. The smallest absolute Gasteiger partial charge is 0.261 e. The molecule has 28 heavy (non-hydrogen) atoms. The van der Waals surface area contributed by atoms with Crippen LogP contribution in [0.15, 0.2) is 82.6 Å². The molecule has 0 aliphatic carbocycles. The van der Waals surface area contributed by atoms with E-state index in [4.69, 9.17) is 0 Å². The van der Waals surface area contributed by atoms with Crippen molar-refractivity contribution in [2.45, 2.75) is 42.2 Å². The minimum absolute atomic E-state index is 0.265. The molecule has 0 fully saturated rings. The highest BCUT2D eigenvalue weighted by molar-refractivity contribution is 7.98. The molecule has 0 spiro atoms. The molecule has 1 N–H and O–H groups in total. The van der Waals surface area contributed by atoms with E-state index in [-0.39, 0.29) is 4.90 Å². The van der Waals surface area contributed by atoms with Crippen LogP contribution >= 0.6 is 11.8 Å². The maximum absolute atomic E-state index is 12.5. The number of aryl methyl sites for hydroxylation is 1. The van der Waals surface area contributed by atoms with Crippen molar-refractivity contribution in [2.75, 3.05) is 4.72 Å². The van der Waals surface area contributed by atoms with Gasteiger partial charge in [0.25, 0.3) is 10.0 Å². The van der Waals surface area contributed by atoms with E-state index in [9.17, 15) is 8.42 Å². The predicted octanol–water partition coefficient (Wildman–Crippen LogP) is 6.21. The Kier molecular flexibility index (Phi) is 6.47. The van der Waals surface area contributed by atoms with Crippen LogP contribution in [0.4, 0.5) is 5.69 Å². The Hall–Kier alpha value is -2.24. The molecular weight excluding hydrogens is 386 g/mol. The molecule has 0 heterocycles. The van der Waals surface area contributed by atoms with Crippen molar-refractivity contribution in [3.63, 3.8) is 0 Å². The minimum Gasteiger partial charge on any atom is -0.280 e. The Morgan fingerprint density at radius 3 is 2.04 bits per heavy atom. The number of anilines is 1. The van der Waals surface area contributed by atoms with Crippen LogP contribution in [-0.4, -0.2) is 8.42 Å². The largest absolute Gasteiger partial charge is 0.280 e. The third-order valence-electron chi connectivity index (χ3n) is 4.49. The van der Waals surface area contributed by atoms with E-state index in [0.717, 1.165) is 16.2 Å². The third kappa shape index (κ3) is 5.40. The van der Waals surface area contributed by atoms with Crippen LogP contribution in [0, 0.1) is 6.92 Å². The van der Waals surface area contributed by atoms with Gasteiger partial charge in [-0.3, -0.25) is 4.72 Å². The molecule has 0 unspecified atom stereocenters. The first-order chi connectivity index (χ1) is 13.3. The van der Waals surface area contributed by atoms with Gasteiger partial charge in [-0.1, -0.05) is 55.8 Å². The number of rotatable bonds is 7. The lowest BCUT2D eigenvalue weighted by Gasteiger charge is -2.10. The third-order valence-corrected chi connectivity index (χ3v) is 6.97. The zero-order valence-corrected chi connectivity index (χ0v) is 18.0. The molecule has 5 heteroatoms. The highest BCUT2D eigenvalue weighted by atomic mass is 32.2. The summed E-state index contributed by atoms with van der Waals surface area (Å²) in [6.45, 7) is 6.32. The van der Waals surface area contributed by atoms with Gasteiger partial charge in [0.2, 0.25) is 0 Å². The van der Waals surface area contributed by atoms with Crippen LogP contribution in [0.3, 0.4) is 0 Å². The van der Waals surface area contributed by atoms with Gasteiger partial charge in [0.15, 0.2) is 0 Å². The molecule has 0 aromatic heterocycles. The summed E-state index contributed by atoms with van der Waals surface area (Å²) in [4.78, 5) is 1.37. The van der Waals surface area contributed by atoms with Gasteiger partial charge in [0.05, 0.1) is 4.90 Å². The summed E-state index contributed by atoms with van der Waals surface area (Å²) < 4.78 is 27.6. The lowest BCUT2D eigenvalue weighted by molar-refractivity contribution is 0.601. The van der Waals surface area contributed by atoms with Crippen LogP contribution in [0.5, 0.6) is 0 Å². The highest BCUT2D eigenvalue weighted by Gasteiger charge is 2.13. The predicted molar refractivity (Wildman–Crippen MR) is 119 cm³/mol. The van der Waals surface area contributed by atoms with E-state index in [1.165, 1.54) is 11.1 Å². The SMILES string of the molecule is Cc1ccc(S(=O)(=O)Nc2ccc(SCc3ccc(C(C)C)cc3)cc2)cc1. The highest BCUT2D eigenvalue weighted by Crippen LogP contribution is 2.26. The second kappa shape index (κ2) is 8.84. The summed E-state index contributed by atoms with van der Waals surface area (Å²) in [5.74, 6) is 1.42. The Balaban J connectivity index is 1.61. The van der Waals surface area contributed by atoms with Crippen molar-refractivity contribution in [3.8, 4) is 0 Å². The van der Waals surface area contributed by atoms with Crippen LogP contribution in [0.2, 0.25) is 0 Å². The van der Waals surface area contributed by atoms with E-state index in [1.807, 2.05) is 19.1 Å². The summed E-state index contributed by atoms with van der Waals surface area (Å²) in [6.07, 6.45) is 0. The number of nitrogens with one attached hydrogen (secondary N) is 1. The lowest BCUT2D eigenvalue weighted by atomic mass is 10.0. The molecule has 146 valence electrons. The van der Waals surface area contributed by atoms with Gasteiger partial charge in [-0.2, -0.15) is 0 Å². The van der Waals surface area contributed by atoms with Crippen LogP contribution in [-0.2, 0) is 15.8 Å². The molecule has 0 saturated carbocycles. The van der Waals surface area contributed by atoms with Gasteiger partial charge in [0.1, 0.15) is 0 Å². The van der Waals surface area contributed by atoms with Crippen molar-refractivity contribution in [3.05, 3.63) is 89.5 Å². The molecule has 3 rings (SSSR count). The van der Waals surface area contributed by atoms with E-state index in [1.54, 1.807) is 48.2 Å². The van der Waals surface area contributed by atoms with Crippen LogP contribution < -0.4 is 4.72 Å². The number of sulfonamides is 1. The normalized spacial score (nSPS) is 11.6. The first-order valence-corrected chi connectivity index (χ1v) is 11.7. The summed E-state index contributed by atoms with van der Waals surface area (Å²) in [6, 6.07) is 23.0. The number of hydrogen-bond donors (Lipinski definition) is 1. The fourth-order valence-electron chi connectivity index (χ4n) is 2.72. The van der Waals surface area contributed by atoms with Gasteiger partial charge in [-0.15, -0.1) is 11.8 Å². The number of hydrogen-bond acceptors (Lipinski definition) is 3. The molecule has 0 bridgehead atoms. The average Bonchev–Trinajstić information content (AvgIpc) is 2.68. The average molecular weight is 412 g/mol. The maximum atomic E-state index is 12.5. The minimum atomic E-state index is -3.57. The molecular formula is C23H25NO2S2. The summed E-state index contributed by atoms with van der Waals surface area (Å²) in [7, 11) is -3.57. The second-order valence-electron chi connectivity index (χ2n) is 7.13. The topological polar surface area (TPSA) is 46.2 Å². The van der Waals surface area contributed by atoms with E-state index >= 15 is 0 Å². The number of benzene rings is 3. The zero-order valence-electron chi connectivity index (χ0n) is 16.3. The van der Waals surface area contributed by atoms with Gasteiger partial charge in [-0.05, 0) is 60.4 Å². The monoisotopic (exact) mass is 411 g/mol. The van der Waals surface area contributed by atoms with Crippen molar-refractivity contribution < 1.29 is 8.42 Å². The second-order valence-corrected chi connectivity index (χ2v) is 9.86. The Morgan fingerprint density at radius 1 is 0.857 bits per heavy atom. The van der Waals surface area contributed by atoms with Gasteiger partial charge < -0.3 is 0 Å². The summed E-state index contributed by atoms with van der Waals surface area (Å²) in [5, 5.41) is 0. The molecule has 0 atom stereocenters. The fourth-order valence-corrected chi connectivity index (χ4v) is 4.63. The van der Waals surface area contributed by atoms with E-state index < -0.39 is 10.0 Å². The molecule has 3 nitrogen and oxygen atoms in total. The van der Waals surface area contributed by atoms with E-state index in [0.29, 0.717) is 11.6 Å². The first kappa shape index (κ1) is 20.5. The molecule has 0 aliphatic heterocycles. The van der Waals surface area contributed by atoms with Gasteiger partial charge in [-0.25, -0.2) is 8.42 Å². The summed E-state index contributed by atoms with van der Waals surface area (Å²) >= 11 is 1.74. The van der Waals surface area contributed by atoms with Crippen molar-refractivity contribution in [1.29, 1.82) is 0 Å². The van der Waals surface area contributed by atoms with Crippen molar-refractivity contribution >= 4 is 27.5 Å². The molecule has 3 aromatic carbocycles. The van der Waals surface area contributed by atoms with Crippen molar-refractivity contribution in [2.24, 2.45) is 0 Å². The maximum Gasteiger partial charge on any atom is 0.261 e. The molecule has 0 aliphatic rings. The Morgan fingerprint density at radius 2 is 1.46 bits per heavy atom. The number of thioether (sulfide) groups is 1.